The Morgan fingerprint density at radius 1 is 1.34 bits per heavy atom. The van der Waals surface area contributed by atoms with Crippen LogP contribution in [0.2, 0.25) is 0 Å². The van der Waals surface area contributed by atoms with E-state index in [1.807, 2.05) is 0 Å². The Hall–Kier alpha value is -1.27. The van der Waals surface area contributed by atoms with Crippen molar-refractivity contribution in [3.05, 3.63) is 40.6 Å². The maximum absolute atomic E-state index is 13.0. The van der Waals surface area contributed by atoms with E-state index in [2.05, 4.69) is 49.9 Å². The molecule has 1 aliphatic rings. The second kappa shape index (κ2) is 11.8. The summed E-state index contributed by atoms with van der Waals surface area (Å²) in [6, 6.07) is 4.52. The molecule has 1 fully saturated rings. The Balaban J connectivity index is 0.00000300. The maximum atomic E-state index is 13.0. The van der Waals surface area contributed by atoms with E-state index in [9.17, 15) is 8.78 Å². The van der Waals surface area contributed by atoms with Gasteiger partial charge in [0, 0.05) is 30.9 Å². The molecule has 2 aromatic heterocycles. The molecule has 10 heteroatoms. The highest BCUT2D eigenvalue weighted by atomic mass is 127. The van der Waals surface area contributed by atoms with E-state index in [0.717, 1.165) is 23.6 Å². The number of alkyl halides is 2. The molecule has 6 nitrogen and oxygen atoms in total. The number of hydrogen-bond donors (Lipinski definition) is 2. The number of aromatic nitrogens is 2. The number of nitrogens with one attached hydrogen (secondary N) is 2. The molecule has 162 valence electrons. The molecule has 1 saturated heterocycles. The van der Waals surface area contributed by atoms with E-state index in [4.69, 9.17) is 0 Å². The first-order valence-corrected chi connectivity index (χ1v) is 10.5. The van der Waals surface area contributed by atoms with Gasteiger partial charge in [-0.25, -0.2) is 4.98 Å². The first-order valence-electron chi connectivity index (χ1n) is 9.60. The minimum atomic E-state index is -2.60. The lowest BCUT2D eigenvalue weighted by Gasteiger charge is -2.36. The third kappa shape index (κ3) is 6.61. The summed E-state index contributed by atoms with van der Waals surface area (Å²) >= 11 is 1.76. The highest BCUT2D eigenvalue weighted by Gasteiger charge is 2.25. The normalized spacial score (nSPS) is 17.2. The average Bonchev–Trinajstić information content (AvgIpc) is 3.37. The number of rotatable bonds is 7. The zero-order valence-electron chi connectivity index (χ0n) is 16.7. The van der Waals surface area contributed by atoms with Gasteiger partial charge >= 0.3 is 6.55 Å². The van der Waals surface area contributed by atoms with Gasteiger partial charge in [0.05, 0.1) is 12.6 Å². The fourth-order valence-corrected chi connectivity index (χ4v) is 4.33. The molecule has 2 N–H and O–H groups in total. The third-order valence-corrected chi connectivity index (χ3v) is 6.16. The van der Waals surface area contributed by atoms with Crippen molar-refractivity contribution in [2.24, 2.45) is 10.9 Å². The van der Waals surface area contributed by atoms with Crippen LogP contribution in [0, 0.1) is 5.92 Å². The van der Waals surface area contributed by atoms with Gasteiger partial charge in [0.15, 0.2) is 5.96 Å². The molecule has 0 aliphatic carbocycles. The van der Waals surface area contributed by atoms with E-state index >= 15 is 0 Å². The topological polar surface area (TPSA) is 57.5 Å². The second-order valence-corrected chi connectivity index (χ2v) is 8.06. The van der Waals surface area contributed by atoms with Crippen LogP contribution in [0.15, 0.2) is 34.9 Å². The lowest BCUT2D eigenvalue weighted by molar-refractivity contribution is 0.0668. The van der Waals surface area contributed by atoms with Crippen LogP contribution in [-0.4, -0.2) is 47.1 Å². The molecular weight excluding hydrogens is 509 g/mol. The predicted octanol–water partition coefficient (Wildman–Crippen LogP) is 4.10. The third-order valence-electron chi connectivity index (χ3n) is 5.19. The van der Waals surface area contributed by atoms with Gasteiger partial charge in [0.25, 0.3) is 0 Å². The second-order valence-electron chi connectivity index (χ2n) is 7.08. The van der Waals surface area contributed by atoms with Gasteiger partial charge in [0.2, 0.25) is 0 Å². The quantitative estimate of drug-likeness (QED) is 0.317. The van der Waals surface area contributed by atoms with Gasteiger partial charge in [-0.2, -0.15) is 8.78 Å². The van der Waals surface area contributed by atoms with Crippen molar-refractivity contribution in [2.45, 2.75) is 38.9 Å². The van der Waals surface area contributed by atoms with Crippen molar-refractivity contribution in [2.75, 3.05) is 26.7 Å². The Morgan fingerprint density at radius 3 is 2.72 bits per heavy atom. The molecule has 0 spiro atoms. The molecule has 1 unspecified atom stereocenters. The Labute approximate surface area is 191 Å². The largest absolute Gasteiger partial charge is 0.354 e. The zero-order valence-corrected chi connectivity index (χ0v) is 19.9. The van der Waals surface area contributed by atoms with E-state index in [1.54, 1.807) is 18.4 Å². The Morgan fingerprint density at radius 2 is 2.10 bits per heavy atom. The van der Waals surface area contributed by atoms with Crippen LogP contribution in [0.25, 0.3) is 0 Å². The van der Waals surface area contributed by atoms with Crippen LogP contribution < -0.4 is 10.6 Å². The summed E-state index contributed by atoms with van der Waals surface area (Å²) in [5.74, 6) is 1.63. The number of piperidine rings is 1. The summed E-state index contributed by atoms with van der Waals surface area (Å²) in [5, 5.41) is 8.54. The molecule has 1 atom stereocenters. The minimum absolute atomic E-state index is 0. The molecule has 3 rings (SSSR count). The molecule has 29 heavy (non-hydrogen) atoms. The summed E-state index contributed by atoms with van der Waals surface area (Å²) in [6.45, 7) is 2.77. The van der Waals surface area contributed by atoms with Crippen LogP contribution in [0.4, 0.5) is 8.78 Å². The van der Waals surface area contributed by atoms with Crippen molar-refractivity contribution >= 4 is 41.3 Å². The fraction of sp³-hybridized carbons (Fsp3) is 0.579. The van der Waals surface area contributed by atoms with Crippen molar-refractivity contribution in [1.82, 2.24) is 25.1 Å². The molecule has 1 aliphatic heterocycles. The molecule has 3 heterocycles. The van der Waals surface area contributed by atoms with Crippen LogP contribution in [0.1, 0.15) is 43.1 Å². The highest BCUT2D eigenvalue weighted by molar-refractivity contribution is 14.0. The van der Waals surface area contributed by atoms with Crippen LogP contribution in [-0.2, 0) is 6.54 Å². The molecule has 0 saturated carbocycles. The van der Waals surface area contributed by atoms with Gasteiger partial charge < -0.3 is 10.6 Å². The van der Waals surface area contributed by atoms with Gasteiger partial charge in [0.1, 0.15) is 5.82 Å². The lowest BCUT2D eigenvalue weighted by Crippen LogP contribution is -2.45. The number of nitrogens with zero attached hydrogens (tertiary/aromatic N) is 4. The van der Waals surface area contributed by atoms with Gasteiger partial charge in [-0.3, -0.25) is 14.5 Å². The summed E-state index contributed by atoms with van der Waals surface area (Å²) in [5.41, 5.74) is 0. The van der Waals surface area contributed by atoms with Crippen LogP contribution >= 0.6 is 35.3 Å². The maximum Gasteiger partial charge on any atom is 0.319 e. The number of halogens is 3. The average molecular weight is 538 g/mol. The molecule has 0 bridgehead atoms. The molecule has 0 aromatic carbocycles. The Kier molecular flexibility index (Phi) is 9.76. The van der Waals surface area contributed by atoms with E-state index in [0.29, 0.717) is 12.5 Å². The SMILES string of the molecule is CN=C(NCc1nccn1C(F)F)NCC(c1cccs1)N1CCC(C)CC1.I. The van der Waals surface area contributed by atoms with Gasteiger partial charge in [-0.15, -0.1) is 35.3 Å². The van der Waals surface area contributed by atoms with Crippen molar-refractivity contribution < 1.29 is 8.78 Å². The molecular formula is C19H29F2IN6S. The highest BCUT2D eigenvalue weighted by Crippen LogP contribution is 2.29. The molecule has 0 radical (unpaired) electrons. The summed E-state index contributed by atoms with van der Waals surface area (Å²) in [7, 11) is 1.68. The van der Waals surface area contributed by atoms with Crippen molar-refractivity contribution in [3.8, 4) is 0 Å². The van der Waals surface area contributed by atoms with Crippen LogP contribution in [0.3, 0.4) is 0 Å². The minimum Gasteiger partial charge on any atom is -0.354 e. The number of thiophene rings is 1. The summed E-state index contributed by atoms with van der Waals surface area (Å²) in [4.78, 5) is 12.1. The first-order chi connectivity index (χ1) is 13.6. The number of imidazole rings is 1. The monoisotopic (exact) mass is 538 g/mol. The molecule has 2 aromatic rings. The van der Waals surface area contributed by atoms with E-state index < -0.39 is 6.55 Å². The number of hydrogen-bond acceptors (Lipinski definition) is 4. The van der Waals surface area contributed by atoms with Crippen molar-refractivity contribution in [1.29, 1.82) is 0 Å². The van der Waals surface area contributed by atoms with E-state index in [-0.39, 0.29) is 42.4 Å². The fourth-order valence-electron chi connectivity index (χ4n) is 3.47. The Bertz CT molecular complexity index is 744. The van der Waals surface area contributed by atoms with Crippen molar-refractivity contribution in [3.63, 3.8) is 0 Å². The lowest BCUT2D eigenvalue weighted by atomic mass is 9.97. The van der Waals surface area contributed by atoms with Gasteiger partial charge in [-0.1, -0.05) is 13.0 Å². The summed E-state index contributed by atoms with van der Waals surface area (Å²) < 4.78 is 26.8. The van der Waals surface area contributed by atoms with Gasteiger partial charge in [-0.05, 0) is 43.3 Å². The molecule has 0 amide bonds. The first kappa shape index (κ1) is 24.0. The van der Waals surface area contributed by atoms with Crippen LogP contribution in [0.5, 0.6) is 0 Å². The standard InChI is InChI=1S/C19H28F2N6S.HI/c1-14-5-8-26(9-6-14)15(16-4-3-11-28-16)12-24-19(22-2)25-13-17-23-7-10-27(17)18(20)21;/h3-4,7,10-11,14-15,18H,5-6,8-9,12-13H2,1-2H3,(H2,22,24,25);1H. The number of aliphatic imine (C=N–C) groups is 1. The number of likely N-dealkylation sites (tertiary alicyclic amines) is 1. The predicted molar refractivity (Wildman–Crippen MR) is 124 cm³/mol. The number of guanidine groups is 1. The zero-order chi connectivity index (χ0) is 19.9. The summed E-state index contributed by atoms with van der Waals surface area (Å²) in [6.07, 6.45) is 5.09. The smallest absolute Gasteiger partial charge is 0.319 e. The van der Waals surface area contributed by atoms with E-state index in [1.165, 1.54) is 30.1 Å².